The Balaban J connectivity index is 1.42. The van der Waals surface area contributed by atoms with Gasteiger partial charge in [0.2, 0.25) is 15.9 Å². The second-order valence-electron chi connectivity index (χ2n) is 7.08. The lowest BCUT2D eigenvalue weighted by Crippen LogP contribution is -2.50. The molecule has 1 saturated heterocycles. The number of para-hydroxylation sites is 1. The predicted molar refractivity (Wildman–Crippen MR) is 110 cm³/mol. The molecule has 1 fully saturated rings. The van der Waals surface area contributed by atoms with E-state index in [1.807, 2.05) is 30.5 Å². The van der Waals surface area contributed by atoms with Gasteiger partial charge in [-0.3, -0.25) is 14.9 Å². The first-order valence-electron chi connectivity index (χ1n) is 9.43. The third-order valence-corrected chi connectivity index (χ3v) is 7.17. The molecule has 1 aromatic heterocycles. The van der Waals surface area contributed by atoms with Crippen molar-refractivity contribution in [3.63, 3.8) is 0 Å². The number of nitrogens with one attached hydrogen (secondary N) is 1. The minimum atomic E-state index is -3.86. The number of sulfonamides is 1. The molecule has 1 aliphatic heterocycles. The van der Waals surface area contributed by atoms with Crippen LogP contribution in [0, 0.1) is 10.1 Å². The molecule has 0 bridgehead atoms. The van der Waals surface area contributed by atoms with Gasteiger partial charge in [0.05, 0.1) is 16.2 Å². The highest BCUT2D eigenvalue weighted by Gasteiger charge is 2.31. The topological polar surface area (TPSA) is 117 Å². The van der Waals surface area contributed by atoms with Gasteiger partial charge in [0.1, 0.15) is 0 Å². The van der Waals surface area contributed by atoms with Crippen molar-refractivity contribution in [2.75, 3.05) is 26.2 Å². The Morgan fingerprint density at radius 1 is 1.07 bits per heavy atom. The van der Waals surface area contributed by atoms with Crippen molar-refractivity contribution in [3.05, 3.63) is 70.4 Å². The van der Waals surface area contributed by atoms with Crippen molar-refractivity contribution in [3.8, 4) is 0 Å². The summed E-state index contributed by atoms with van der Waals surface area (Å²) >= 11 is 0. The molecule has 0 spiro atoms. The zero-order chi connectivity index (χ0) is 21.3. The number of aromatic nitrogens is 1. The first-order valence-corrected chi connectivity index (χ1v) is 10.9. The van der Waals surface area contributed by atoms with Crippen LogP contribution in [0.15, 0.2) is 59.6 Å². The molecule has 4 rings (SSSR count). The van der Waals surface area contributed by atoms with Gasteiger partial charge in [-0.05, 0) is 17.7 Å². The molecule has 0 atom stereocenters. The van der Waals surface area contributed by atoms with E-state index in [-0.39, 0.29) is 49.1 Å². The van der Waals surface area contributed by atoms with Crippen LogP contribution in [0.5, 0.6) is 0 Å². The molecule has 3 aromatic rings. The van der Waals surface area contributed by atoms with E-state index < -0.39 is 14.9 Å². The molecule has 1 N–H and O–H groups in total. The maximum Gasteiger partial charge on any atom is 0.270 e. The molecule has 2 heterocycles. The molecule has 0 aliphatic carbocycles. The summed E-state index contributed by atoms with van der Waals surface area (Å²) in [7, 11) is -3.86. The van der Waals surface area contributed by atoms with Crippen LogP contribution in [0.2, 0.25) is 0 Å². The van der Waals surface area contributed by atoms with Gasteiger partial charge >= 0.3 is 0 Å². The van der Waals surface area contributed by atoms with Gasteiger partial charge in [-0.1, -0.05) is 24.3 Å². The molecular weight excluding hydrogens is 408 g/mol. The summed E-state index contributed by atoms with van der Waals surface area (Å²) in [6.07, 6.45) is 2.06. The largest absolute Gasteiger partial charge is 0.361 e. The molecule has 0 unspecified atom stereocenters. The Labute approximate surface area is 173 Å². The smallest absolute Gasteiger partial charge is 0.270 e. The minimum Gasteiger partial charge on any atom is -0.361 e. The van der Waals surface area contributed by atoms with E-state index in [1.54, 1.807) is 4.90 Å². The molecule has 1 amide bonds. The number of hydrogen-bond donors (Lipinski definition) is 1. The van der Waals surface area contributed by atoms with E-state index in [2.05, 4.69) is 4.98 Å². The first kappa shape index (κ1) is 20.0. The molecule has 9 nitrogen and oxygen atoms in total. The second kappa shape index (κ2) is 7.88. The summed E-state index contributed by atoms with van der Waals surface area (Å²) in [5.41, 5.74) is 1.60. The number of nitro benzene ring substituents is 1. The molecule has 0 radical (unpaired) electrons. The summed E-state index contributed by atoms with van der Waals surface area (Å²) in [6.45, 7) is 0.833. The number of nitrogens with zero attached hydrogens (tertiary/aromatic N) is 3. The highest BCUT2D eigenvalue weighted by Crippen LogP contribution is 2.23. The summed E-state index contributed by atoms with van der Waals surface area (Å²) in [6, 6.07) is 12.7. The number of piperazine rings is 1. The zero-order valence-corrected chi connectivity index (χ0v) is 16.8. The van der Waals surface area contributed by atoms with Gasteiger partial charge in [-0.25, -0.2) is 8.42 Å². The average Bonchev–Trinajstić information content (AvgIpc) is 3.17. The van der Waals surface area contributed by atoms with Crippen molar-refractivity contribution in [2.24, 2.45) is 0 Å². The number of amides is 1. The van der Waals surface area contributed by atoms with Gasteiger partial charge in [-0.2, -0.15) is 4.31 Å². The highest BCUT2D eigenvalue weighted by molar-refractivity contribution is 7.89. The summed E-state index contributed by atoms with van der Waals surface area (Å²) < 4.78 is 26.9. The number of carbonyl (C=O) groups is 1. The molecule has 10 heteroatoms. The third kappa shape index (κ3) is 3.79. The van der Waals surface area contributed by atoms with E-state index >= 15 is 0 Å². The molecular formula is C20H20N4O5S. The van der Waals surface area contributed by atoms with Gasteiger partial charge in [0.15, 0.2) is 0 Å². The van der Waals surface area contributed by atoms with Gasteiger partial charge in [-0.15, -0.1) is 0 Å². The maximum atomic E-state index is 12.8. The minimum absolute atomic E-state index is 0.0628. The second-order valence-corrected chi connectivity index (χ2v) is 9.01. The van der Waals surface area contributed by atoms with Crippen LogP contribution in [-0.2, 0) is 21.2 Å². The van der Waals surface area contributed by atoms with Gasteiger partial charge in [0, 0.05) is 55.4 Å². The van der Waals surface area contributed by atoms with E-state index in [0.29, 0.717) is 0 Å². The van der Waals surface area contributed by atoms with E-state index in [4.69, 9.17) is 0 Å². The maximum absolute atomic E-state index is 12.8. The van der Waals surface area contributed by atoms with E-state index in [0.717, 1.165) is 22.5 Å². The monoisotopic (exact) mass is 428 g/mol. The number of benzene rings is 2. The Morgan fingerprint density at radius 3 is 2.53 bits per heavy atom. The van der Waals surface area contributed by atoms with E-state index in [1.165, 1.54) is 22.5 Å². The molecule has 2 aromatic carbocycles. The molecule has 30 heavy (non-hydrogen) atoms. The Hall–Kier alpha value is -3.24. The Kier molecular flexibility index (Phi) is 5.27. The van der Waals surface area contributed by atoms with Crippen LogP contribution < -0.4 is 0 Å². The number of aromatic amines is 1. The van der Waals surface area contributed by atoms with Crippen LogP contribution in [0.4, 0.5) is 5.69 Å². The molecule has 0 saturated carbocycles. The van der Waals surface area contributed by atoms with Gasteiger partial charge in [0.25, 0.3) is 5.69 Å². The summed E-state index contributed by atoms with van der Waals surface area (Å²) in [5.74, 6) is -0.0628. The van der Waals surface area contributed by atoms with Crippen molar-refractivity contribution >= 4 is 32.5 Å². The fourth-order valence-corrected chi connectivity index (χ4v) is 5.10. The Bertz CT molecular complexity index is 1210. The van der Waals surface area contributed by atoms with Gasteiger partial charge < -0.3 is 9.88 Å². The van der Waals surface area contributed by atoms with Crippen LogP contribution >= 0.6 is 0 Å². The molecule has 156 valence electrons. The Morgan fingerprint density at radius 2 is 1.80 bits per heavy atom. The summed E-state index contributed by atoms with van der Waals surface area (Å²) in [4.78, 5) is 27.7. The average molecular weight is 428 g/mol. The lowest BCUT2D eigenvalue weighted by Gasteiger charge is -2.34. The SMILES string of the molecule is O=C(Cc1c[nH]c2ccccc12)N1CCN(S(=O)(=O)c2cccc([N+](=O)[O-])c2)CC1. The zero-order valence-electron chi connectivity index (χ0n) is 16.0. The quantitative estimate of drug-likeness (QED) is 0.494. The van der Waals surface area contributed by atoms with E-state index in [9.17, 15) is 23.3 Å². The number of rotatable bonds is 5. The van der Waals surface area contributed by atoms with Crippen molar-refractivity contribution < 1.29 is 18.1 Å². The fourth-order valence-electron chi connectivity index (χ4n) is 3.64. The van der Waals surface area contributed by atoms with Crippen LogP contribution in [0.25, 0.3) is 10.9 Å². The fraction of sp³-hybridized carbons (Fsp3) is 0.250. The number of fused-ring (bicyclic) bond motifs is 1. The normalized spacial score (nSPS) is 15.4. The lowest BCUT2D eigenvalue weighted by atomic mass is 10.1. The first-order chi connectivity index (χ1) is 14.4. The van der Waals surface area contributed by atoms with Crippen LogP contribution in [0.3, 0.4) is 0 Å². The number of nitro groups is 1. The van der Waals surface area contributed by atoms with Crippen molar-refractivity contribution in [2.45, 2.75) is 11.3 Å². The molecule has 1 aliphatic rings. The van der Waals surface area contributed by atoms with Crippen LogP contribution in [0.1, 0.15) is 5.56 Å². The number of carbonyl (C=O) groups excluding carboxylic acids is 1. The van der Waals surface area contributed by atoms with Crippen molar-refractivity contribution in [1.82, 2.24) is 14.2 Å². The predicted octanol–water partition coefficient (Wildman–Crippen LogP) is 2.15. The summed E-state index contributed by atoms with van der Waals surface area (Å²) in [5, 5.41) is 11.9. The number of H-pyrrole nitrogens is 1. The van der Waals surface area contributed by atoms with Crippen LogP contribution in [-0.4, -0.2) is 59.6 Å². The number of non-ortho nitro benzene ring substituents is 1. The number of hydrogen-bond acceptors (Lipinski definition) is 5. The van der Waals surface area contributed by atoms with Crippen molar-refractivity contribution in [1.29, 1.82) is 0 Å². The third-order valence-electron chi connectivity index (χ3n) is 5.27. The standard InChI is InChI=1S/C20H20N4O5S/c25-20(12-15-14-21-19-7-2-1-6-18(15)19)22-8-10-23(11-9-22)30(28,29)17-5-3-4-16(13-17)24(26)27/h1-7,13-14,21H,8-12H2. The lowest BCUT2D eigenvalue weighted by molar-refractivity contribution is -0.385. The highest BCUT2D eigenvalue weighted by atomic mass is 32.2.